The van der Waals surface area contributed by atoms with Crippen LogP contribution in [-0.4, -0.2) is 92.5 Å². The molecule has 0 spiro atoms. The van der Waals surface area contributed by atoms with Crippen molar-refractivity contribution in [2.24, 2.45) is 0 Å². The van der Waals surface area contributed by atoms with E-state index in [1.807, 2.05) is 42.7 Å². The zero-order valence-electron chi connectivity index (χ0n) is 32.4. The number of imide groups is 2. The Morgan fingerprint density at radius 3 is 2.43 bits per heavy atom. The molecule has 6 aromatic rings. The van der Waals surface area contributed by atoms with E-state index in [1.165, 1.54) is 0 Å². The average Bonchev–Trinajstić information content (AvgIpc) is 3.72. The molecular formula is C46H39N7O7. The summed E-state index contributed by atoms with van der Waals surface area (Å²) in [6, 6.07) is 20.2. The van der Waals surface area contributed by atoms with Gasteiger partial charge < -0.3 is 24.1 Å². The molecule has 3 fully saturated rings. The van der Waals surface area contributed by atoms with Gasteiger partial charge in [0.1, 0.15) is 29.7 Å². The van der Waals surface area contributed by atoms with Crippen LogP contribution in [0, 0.1) is 11.8 Å². The van der Waals surface area contributed by atoms with Crippen molar-refractivity contribution in [3.8, 4) is 34.6 Å². The minimum atomic E-state index is -0.983. The van der Waals surface area contributed by atoms with Gasteiger partial charge in [0.05, 0.1) is 23.4 Å². The number of pyridine rings is 3. The average molecular weight is 802 g/mol. The molecule has 4 aromatic heterocycles. The van der Waals surface area contributed by atoms with E-state index in [1.54, 1.807) is 30.6 Å². The van der Waals surface area contributed by atoms with E-state index in [0.717, 1.165) is 62.8 Å². The van der Waals surface area contributed by atoms with Crippen LogP contribution >= 0.6 is 0 Å². The number of hydrogen-bond acceptors (Lipinski definition) is 11. The topological polar surface area (TPSA) is 169 Å². The number of anilines is 1. The number of carbonyl (C=O) groups is 4. The number of aromatic nitrogens is 4. The molecule has 2 N–H and O–H groups in total. The fraction of sp³-hybridized carbons (Fsp3) is 0.283. The lowest BCUT2D eigenvalue weighted by molar-refractivity contribution is -0.136. The van der Waals surface area contributed by atoms with Gasteiger partial charge in [0.2, 0.25) is 17.7 Å². The van der Waals surface area contributed by atoms with Crippen LogP contribution in [0.4, 0.5) is 5.69 Å². The minimum Gasteiger partial charge on any atom is -0.489 e. The maximum atomic E-state index is 13.2. The van der Waals surface area contributed by atoms with Crippen LogP contribution in [0.25, 0.3) is 32.9 Å². The highest BCUT2D eigenvalue weighted by Crippen LogP contribution is 2.34. The molecule has 2 aromatic carbocycles. The van der Waals surface area contributed by atoms with E-state index in [-0.39, 0.29) is 42.3 Å². The molecule has 300 valence electrons. The third kappa shape index (κ3) is 7.28. The van der Waals surface area contributed by atoms with Crippen LogP contribution in [0.5, 0.6) is 11.6 Å². The van der Waals surface area contributed by atoms with Crippen molar-refractivity contribution in [3.63, 3.8) is 0 Å². The van der Waals surface area contributed by atoms with Crippen LogP contribution in [-0.2, 0) is 14.3 Å². The van der Waals surface area contributed by atoms with E-state index < -0.39 is 29.7 Å². The Labute approximate surface area is 344 Å². The molecule has 3 aliphatic heterocycles. The number of carbonyl (C=O) groups excluding carboxylic acids is 4. The van der Waals surface area contributed by atoms with Crippen molar-refractivity contribution in [2.75, 3.05) is 24.6 Å². The van der Waals surface area contributed by atoms with Crippen molar-refractivity contribution < 1.29 is 33.4 Å². The zero-order valence-corrected chi connectivity index (χ0v) is 32.4. The molecule has 2 saturated heterocycles. The van der Waals surface area contributed by atoms with Crippen LogP contribution in [0.3, 0.4) is 0 Å². The Balaban J connectivity index is 0.619. The fourth-order valence-corrected chi connectivity index (χ4v) is 8.12. The summed E-state index contributed by atoms with van der Waals surface area (Å²) in [5.74, 6) is 5.54. The monoisotopic (exact) mass is 801 g/mol. The Bertz CT molecular complexity index is 2730. The van der Waals surface area contributed by atoms with Gasteiger partial charge in [-0.2, -0.15) is 0 Å². The highest BCUT2D eigenvalue weighted by molar-refractivity contribution is 6.23. The van der Waals surface area contributed by atoms with Crippen molar-refractivity contribution in [1.82, 2.24) is 30.2 Å². The molecule has 0 bridgehead atoms. The first-order valence-corrected chi connectivity index (χ1v) is 20.2. The number of benzene rings is 2. The number of aromatic amines is 1. The van der Waals surface area contributed by atoms with Gasteiger partial charge in [-0.05, 0) is 72.9 Å². The van der Waals surface area contributed by atoms with E-state index in [9.17, 15) is 19.2 Å². The van der Waals surface area contributed by atoms with Gasteiger partial charge in [-0.25, -0.2) is 9.97 Å². The van der Waals surface area contributed by atoms with E-state index in [2.05, 4.69) is 60.2 Å². The first kappa shape index (κ1) is 37.2. The Hall–Kier alpha value is -7.11. The minimum absolute atomic E-state index is 0.0429. The lowest BCUT2D eigenvalue weighted by Crippen LogP contribution is -2.54. The molecule has 7 heterocycles. The highest BCUT2D eigenvalue weighted by Gasteiger charge is 2.45. The maximum Gasteiger partial charge on any atom is 0.262 e. The second-order valence-corrected chi connectivity index (χ2v) is 15.5. The number of rotatable bonds is 11. The molecule has 4 aliphatic rings. The number of nitrogens with one attached hydrogen (secondary N) is 2. The molecule has 60 heavy (non-hydrogen) atoms. The Morgan fingerprint density at radius 2 is 1.62 bits per heavy atom. The SMILES string of the molecule is O=C1CCC(N2C(=O)c3ccc(N4CC(OCCCC#Cc5ccc(O[C@H]6C[C@H](Oc7ccc(-c8ccc9c(c8)[nH]c8ccncc89)cn7)C6)cn5)C4)cc3C2=O)C(=O)N1. The number of unbranched alkanes of at least 4 members (excludes halogenated alkanes) is 1. The number of amides is 4. The van der Waals surface area contributed by atoms with Gasteiger partial charge in [0, 0.05) is 103 Å². The molecule has 1 aliphatic carbocycles. The van der Waals surface area contributed by atoms with Crippen molar-refractivity contribution in [1.29, 1.82) is 0 Å². The number of H-pyrrole nitrogens is 1. The molecular weight excluding hydrogens is 763 g/mol. The van der Waals surface area contributed by atoms with Crippen LogP contribution in [0.1, 0.15) is 64.9 Å². The summed E-state index contributed by atoms with van der Waals surface area (Å²) in [6.07, 6.45) is 10.6. The molecule has 0 radical (unpaired) electrons. The second-order valence-electron chi connectivity index (χ2n) is 15.5. The number of nitrogens with zero attached hydrogens (tertiary/aromatic N) is 5. The van der Waals surface area contributed by atoms with Gasteiger partial charge in [0.15, 0.2) is 0 Å². The normalized spacial score (nSPS) is 20.0. The number of hydrogen-bond donors (Lipinski definition) is 2. The summed E-state index contributed by atoms with van der Waals surface area (Å²) in [4.78, 5) is 69.8. The molecule has 1 atom stereocenters. The summed E-state index contributed by atoms with van der Waals surface area (Å²) in [5, 5.41) is 4.48. The molecule has 14 nitrogen and oxygen atoms in total. The quantitative estimate of drug-likeness (QED) is 0.0951. The predicted octanol–water partition coefficient (Wildman–Crippen LogP) is 5.60. The van der Waals surface area contributed by atoms with Gasteiger partial charge in [0.25, 0.3) is 11.8 Å². The van der Waals surface area contributed by atoms with Gasteiger partial charge in [-0.1, -0.05) is 18.1 Å². The van der Waals surface area contributed by atoms with Crippen molar-refractivity contribution in [3.05, 3.63) is 108 Å². The first-order chi connectivity index (χ1) is 29.3. The van der Waals surface area contributed by atoms with Gasteiger partial charge >= 0.3 is 0 Å². The third-order valence-corrected chi connectivity index (χ3v) is 11.5. The van der Waals surface area contributed by atoms with Crippen LogP contribution in [0.15, 0.2) is 91.5 Å². The summed E-state index contributed by atoms with van der Waals surface area (Å²) in [5.41, 5.74) is 6.25. The first-order valence-electron chi connectivity index (χ1n) is 20.2. The number of fused-ring (bicyclic) bond motifs is 4. The Morgan fingerprint density at radius 1 is 0.767 bits per heavy atom. The Kier molecular flexibility index (Phi) is 9.65. The van der Waals surface area contributed by atoms with Crippen LogP contribution in [0.2, 0.25) is 0 Å². The fourth-order valence-electron chi connectivity index (χ4n) is 8.12. The van der Waals surface area contributed by atoms with E-state index in [0.29, 0.717) is 43.4 Å². The predicted molar refractivity (Wildman–Crippen MR) is 220 cm³/mol. The zero-order chi connectivity index (χ0) is 40.7. The number of piperidine rings is 1. The lowest BCUT2D eigenvalue weighted by atomic mass is 9.92. The third-order valence-electron chi connectivity index (χ3n) is 11.5. The highest BCUT2D eigenvalue weighted by atomic mass is 16.5. The smallest absolute Gasteiger partial charge is 0.262 e. The molecule has 1 unspecified atom stereocenters. The van der Waals surface area contributed by atoms with Gasteiger partial charge in [-0.3, -0.25) is 34.4 Å². The molecule has 1 saturated carbocycles. The van der Waals surface area contributed by atoms with E-state index >= 15 is 0 Å². The van der Waals surface area contributed by atoms with Crippen LogP contribution < -0.4 is 19.7 Å². The lowest BCUT2D eigenvalue weighted by Gasteiger charge is -2.40. The van der Waals surface area contributed by atoms with E-state index in [4.69, 9.17) is 14.2 Å². The maximum absolute atomic E-state index is 13.2. The largest absolute Gasteiger partial charge is 0.489 e. The standard InChI is InChI=1S/C46H39N7O7/c54-42-13-12-41(44(55)51-42)53-45(56)36-11-8-30(19-37(36)46(53)57)52-25-34(26-52)58-17-3-1-2-4-29-7-9-31(23-48-29)59-32-20-33(21-32)60-43-14-6-28(22-49-43)27-5-10-35-38-24-47-16-15-39(38)50-40(35)18-27/h5-11,14-16,18-19,22-24,32-34,41,50H,1,3,12-13,17,20-21,25-26H2,(H,51,54,55)/t32-,33-,41?. The summed E-state index contributed by atoms with van der Waals surface area (Å²) in [7, 11) is 0. The van der Waals surface area contributed by atoms with Crippen molar-refractivity contribution in [2.45, 2.75) is 62.9 Å². The summed E-state index contributed by atoms with van der Waals surface area (Å²) >= 11 is 0. The second kappa shape index (κ2) is 15.6. The summed E-state index contributed by atoms with van der Waals surface area (Å²) in [6.45, 7) is 1.89. The number of ether oxygens (including phenoxy) is 3. The van der Waals surface area contributed by atoms with Crippen molar-refractivity contribution >= 4 is 51.1 Å². The summed E-state index contributed by atoms with van der Waals surface area (Å²) < 4.78 is 18.2. The molecule has 4 amide bonds. The molecule has 10 rings (SSSR count). The van der Waals surface area contributed by atoms with Gasteiger partial charge in [-0.15, -0.1) is 0 Å². The molecule has 14 heteroatoms.